The van der Waals surface area contributed by atoms with Gasteiger partial charge in [0, 0.05) is 22.8 Å². The molecule has 0 aromatic heterocycles. The maximum Gasteiger partial charge on any atom is 0.161 e. The summed E-state index contributed by atoms with van der Waals surface area (Å²) in [6.45, 7) is 0.818. The molecule has 4 nitrogen and oxygen atoms in total. The topological polar surface area (TPSA) is 42.5 Å². The van der Waals surface area contributed by atoms with Gasteiger partial charge in [-0.1, -0.05) is 59.1 Å². The third-order valence-electron chi connectivity index (χ3n) is 4.00. The van der Waals surface area contributed by atoms with Gasteiger partial charge in [-0.3, -0.25) is 0 Å². The molecule has 0 saturated heterocycles. The van der Waals surface area contributed by atoms with Gasteiger partial charge in [-0.15, -0.1) is 0 Å². The molecule has 2 N–H and O–H groups in total. The van der Waals surface area contributed by atoms with Crippen LogP contribution in [0.15, 0.2) is 60.7 Å². The molecule has 7 heteroatoms. The van der Waals surface area contributed by atoms with Crippen molar-refractivity contribution in [2.75, 3.05) is 12.5 Å². The Bertz CT molecular complexity index is 913. The average molecular weight is 438 g/mol. The fourth-order valence-electron chi connectivity index (χ4n) is 2.57. The van der Waals surface area contributed by atoms with E-state index < -0.39 is 0 Å². The molecule has 0 bridgehead atoms. The first-order valence-electron chi connectivity index (χ1n) is 8.54. The number of anilines is 1. The van der Waals surface area contributed by atoms with Gasteiger partial charge in [0.25, 0.3) is 0 Å². The Kier molecular flexibility index (Phi) is 7.29. The molecule has 3 aromatic carbocycles. The number of methoxy groups -OCH3 is 1. The Morgan fingerprint density at radius 3 is 2.25 bits per heavy atom. The van der Waals surface area contributed by atoms with Crippen molar-refractivity contribution in [2.45, 2.75) is 13.2 Å². The lowest BCUT2D eigenvalue weighted by Crippen LogP contribution is -2.20. The fourth-order valence-corrected chi connectivity index (χ4v) is 3.50. The second kappa shape index (κ2) is 9.89. The highest BCUT2D eigenvalue weighted by Crippen LogP contribution is 2.33. The van der Waals surface area contributed by atoms with E-state index in [-0.39, 0.29) is 6.61 Å². The third kappa shape index (κ3) is 5.46. The number of hydrogen-bond acceptors (Lipinski definition) is 4. The zero-order valence-corrected chi connectivity index (χ0v) is 17.4. The minimum absolute atomic E-state index is 0.207. The maximum atomic E-state index is 6.21. The van der Waals surface area contributed by atoms with Crippen LogP contribution in [0.2, 0.25) is 15.1 Å². The molecule has 0 unspecified atom stereocenters. The number of rotatable bonds is 8. The summed E-state index contributed by atoms with van der Waals surface area (Å²) >= 11 is 18.4. The molecule has 3 aromatic rings. The number of para-hydroxylation sites is 1. The van der Waals surface area contributed by atoms with Crippen LogP contribution in [0.25, 0.3) is 0 Å². The van der Waals surface area contributed by atoms with Crippen LogP contribution in [0, 0.1) is 0 Å². The van der Waals surface area contributed by atoms with Crippen molar-refractivity contribution in [1.29, 1.82) is 0 Å². The van der Waals surface area contributed by atoms with Gasteiger partial charge in [-0.05, 0) is 42.0 Å². The van der Waals surface area contributed by atoms with Gasteiger partial charge in [0.1, 0.15) is 6.61 Å². The van der Waals surface area contributed by atoms with Crippen molar-refractivity contribution in [1.82, 2.24) is 5.43 Å². The molecule has 28 heavy (non-hydrogen) atoms. The van der Waals surface area contributed by atoms with E-state index in [0.717, 1.165) is 11.3 Å². The molecule has 0 radical (unpaired) electrons. The van der Waals surface area contributed by atoms with Crippen molar-refractivity contribution in [3.8, 4) is 11.5 Å². The molecule has 0 amide bonds. The van der Waals surface area contributed by atoms with E-state index in [9.17, 15) is 0 Å². The number of nitrogens with one attached hydrogen (secondary N) is 2. The van der Waals surface area contributed by atoms with Crippen LogP contribution in [0.3, 0.4) is 0 Å². The summed E-state index contributed by atoms with van der Waals surface area (Å²) in [5, 5.41) is 1.41. The van der Waals surface area contributed by atoms with Crippen molar-refractivity contribution in [3.63, 3.8) is 0 Å². The summed E-state index contributed by atoms with van der Waals surface area (Å²) in [7, 11) is 1.60. The Morgan fingerprint density at radius 2 is 1.57 bits per heavy atom. The number of hydrogen-bond donors (Lipinski definition) is 2. The lowest BCUT2D eigenvalue weighted by atomic mass is 10.2. The predicted octanol–water partition coefficient (Wildman–Crippen LogP) is 6.35. The highest BCUT2D eigenvalue weighted by molar-refractivity contribution is 6.39. The zero-order chi connectivity index (χ0) is 19.9. The highest BCUT2D eigenvalue weighted by Gasteiger charge is 2.11. The number of hydrazine groups is 1. The van der Waals surface area contributed by atoms with Crippen molar-refractivity contribution < 1.29 is 9.47 Å². The third-order valence-corrected chi connectivity index (χ3v) is 4.90. The molecule has 0 aliphatic carbocycles. The van der Waals surface area contributed by atoms with E-state index in [1.165, 1.54) is 0 Å². The van der Waals surface area contributed by atoms with Crippen molar-refractivity contribution >= 4 is 40.5 Å². The van der Waals surface area contributed by atoms with Gasteiger partial charge < -0.3 is 14.9 Å². The Labute approximate surface area is 179 Å². The van der Waals surface area contributed by atoms with E-state index in [1.54, 1.807) is 19.2 Å². The lowest BCUT2D eigenvalue weighted by molar-refractivity contribution is 0.284. The minimum atomic E-state index is 0.207. The van der Waals surface area contributed by atoms with Crippen LogP contribution in [0.5, 0.6) is 11.5 Å². The quantitative estimate of drug-likeness (QED) is 0.403. The molecular formula is C21H19Cl3N2O2. The van der Waals surface area contributed by atoms with Crippen LogP contribution >= 0.6 is 34.8 Å². The molecule has 0 spiro atoms. The molecule has 0 fully saturated rings. The molecule has 0 heterocycles. The van der Waals surface area contributed by atoms with Crippen LogP contribution in [0.1, 0.15) is 11.1 Å². The van der Waals surface area contributed by atoms with E-state index in [2.05, 4.69) is 10.9 Å². The van der Waals surface area contributed by atoms with E-state index >= 15 is 0 Å². The number of halogens is 3. The monoisotopic (exact) mass is 436 g/mol. The smallest absolute Gasteiger partial charge is 0.161 e. The molecule has 0 saturated carbocycles. The van der Waals surface area contributed by atoms with Crippen LogP contribution in [-0.4, -0.2) is 7.11 Å². The second-order valence-electron chi connectivity index (χ2n) is 5.97. The molecule has 3 rings (SSSR count). The van der Waals surface area contributed by atoms with Gasteiger partial charge in [0.2, 0.25) is 0 Å². The Balaban J connectivity index is 1.63. The van der Waals surface area contributed by atoms with Crippen molar-refractivity contribution in [3.05, 3.63) is 86.9 Å². The van der Waals surface area contributed by atoms with Gasteiger partial charge in [-0.25, -0.2) is 5.43 Å². The van der Waals surface area contributed by atoms with Gasteiger partial charge >= 0.3 is 0 Å². The van der Waals surface area contributed by atoms with Crippen LogP contribution in [-0.2, 0) is 13.2 Å². The summed E-state index contributed by atoms with van der Waals surface area (Å²) in [4.78, 5) is 0. The summed E-state index contributed by atoms with van der Waals surface area (Å²) in [5.41, 5.74) is 9.02. The molecular weight excluding hydrogens is 419 g/mol. The van der Waals surface area contributed by atoms with Gasteiger partial charge in [0.15, 0.2) is 11.5 Å². The van der Waals surface area contributed by atoms with Gasteiger partial charge in [-0.2, -0.15) is 0 Å². The van der Waals surface area contributed by atoms with Crippen LogP contribution in [0.4, 0.5) is 5.69 Å². The normalized spacial score (nSPS) is 10.6. The largest absolute Gasteiger partial charge is 0.493 e. The zero-order valence-electron chi connectivity index (χ0n) is 15.1. The summed E-state index contributed by atoms with van der Waals surface area (Å²) in [6, 6.07) is 18.9. The molecule has 0 aliphatic rings. The lowest BCUT2D eigenvalue weighted by Gasteiger charge is -2.14. The van der Waals surface area contributed by atoms with E-state index in [1.807, 2.05) is 48.5 Å². The Hall–Kier alpha value is -2.11. The minimum Gasteiger partial charge on any atom is -0.493 e. The highest BCUT2D eigenvalue weighted by atomic mass is 35.5. The summed E-state index contributed by atoms with van der Waals surface area (Å²) in [5.74, 6) is 1.23. The standard InChI is InChI=1S/C21H19Cl3N2O2/c1-27-21-9-14(12-25-26-16-5-3-2-4-6-16)7-8-20(21)28-13-17-18(23)10-15(22)11-19(17)24/h2-11,25-26H,12-13H2,1H3. The first-order chi connectivity index (χ1) is 13.6. The average Bonchev–Trinajstić information content (AvgIpc) is 2.68. The van der Waals surface area contributed by atoms with E-state index in [0.29, 0.717) is 38.7 Å². The first-order valence-corrected chi connectivity index (χ1v) is 9.67. The number of benzene rings is 3. The van der Waals surface area contributed by atoms with Crippen molar-refractivity contribution in [2.24, 2.45) is 0 Å². The molecule has 146 valence electrons. The van der Waals surface area contributed by atoms with E-state index in [4.69, 9.17) is 44.3 Å². The first kappa shape index (κ1) is 20.6. The Morgan fingerprint density at radius 1 is 0.857 bits per heavy atom. The van der Waals surface area contributed by atoms with Crippen LogP contribution < -0.4 is 20.3 Å². The molecule has 0 aliphatic heterocycles. The predicted molar refractivity (Wildman–Crippen MR) is 116 cm³/mol. The number of ether oxygens (including phenoxy) is 2. The summed E-state index contributed by atoms with van der Waals surface area (Å²) < 4.78 is 11.3. The second-order valence-corrected chi connectivity index (χ2v) is 7.22. The SMILES string of the molecule is COc1cc(CNNc2ccccc2)ccc1OCc1c(Cl)cc(Cl)cc1Cl. The molecule has 0 atom stereocenters. The van der Waals surface area contributed by atoms with Gasteiger partial charge in [0.05, 0.1) is 17.2 Å². The fraction of sp³-hybridized carbons (Fsp3) is 0.143. The summed E-state index contributed by atoms with van der Waals surface area (Å²) in [6.07, 6.45) is 0. The maximum absolute atomic E-state index is 6.21.